The van der Waals surface area contributed by atoms with Gasteiger partial charge in [0.15, 0.2) is 0 Å². The Hall–Kier alpha value is -2.68. The SMILES string of the molecule is Cn1c(=O)[nH]c2c(c1=O)C(c1cccs1)C([N+](=O)[O-])=CN2. The molecule has 2 N–H and O–H groups in total. The minimum absolute atomic E-state index is 0.130. The minimum atomic E-state index is -0.799. The van der Waals surface area contributed by atoms with Crippen LogP contribution in [0.2, 0.25) is 0 Å². The zero-order valence-corrected chi connectivity index (χ0v) is 11.6. The minimum Gasteiger partial charge on any atom is -0.342 e. The molecule has 1 unspecified atom stereocenters. The first-order valence-electron chi connectivity index (χ1n) is 5.98. The zero-order valence-electron chi connectivity index (χ0n) is 10.8. The summed E-state index contributed by atoms with van der Waals surface area (Å²) in [5, 5.41) is 15.7. The monoisotopic (exact) mass is 306 g/mol. The van der Waals surface area contributed by atoms with Crippen LogP contribution >= 0.6 is 11.3 Å². The molecule has 0 radical (unpaired) electrons. The number of fused-ring (bicyclic) bond motifs is 1. The first-order valence-corrected chi connectivity index (χ1v) is 6.86. The van der Waals surface area contributed by atoms with Gasteiger partial charge in [0.1, 0.15) is 11.7 Å². The van der Waals surface area contributed by atoms with Crippen molar-refractivity contribution in [2.45, 2.75) is 5.92 Å². The van der Waals surface area contributed by atoms with E-state index in [4.69, 9.17) is 0 Å². The van der Waals surface area contributed by atoms with Crippen LogP contribution in [0.5, 0.6) is 0 Å². The summed E-state index contributed by atoms with van der Waals surface area (Å²) in [4.78, 5) is 37.9. The fraction of sp³-hybridized carbons (Fsp3) is 0.167. The topological polar surface area (TPSA) is 110 Å². The maximum Gasteiger partial charge on any atom is 0.329 e. The maximum atomic E-state index is 12.4. The Bertz CT molecular complexity index is 862. The number of aromatic nitrogens is 2. The third kappa shape index (κ3) is 1.98. The van der Waals surface area contributed by atoms with Crippen molar-refractivity contribution in [3.05, 3.63) is 70.8 Å². The van der Waals surface area contributed by atoms with E-state index in [9.17, 15) is 19.7 Å². The summed E-state index contributed by atoms with van der Waals surface area (Å²) < 4.78 is 0.907. The highest BCUT2D eigenvalue weighted by Gasteiger charge is 2.37. The standard InChI is InChI=1S/C12H10N4O4S/c1-15-11(17)9-8(7-3-2-4-21-7)6(16(19)20)5-13-10(9)14-12(15)18/h2-5,8,13H,1H3,(H,14,18). The van der Waals surface area contributed by atoms with Crippen molar-refractivity contribution in [1.82, 2.24) is 9.55 Å². The van der Waals surface area contributed by atoms with Gasteiger partial charge in [-0.3, -0.25) is 24.5 Å². The summed E-state index contributed by atoms with van der Waals surface area (Å²) >= 11 is 1.32. The molecular weight excluding hydrogens is 296 g/mol. The molecule has 0 spiro atoms. The van der Waals surface area contributed by atoms with Crippen molar-refractivity contribution in [3.63, 3.8) is 0 Å². The molecule has 3 rings (SSSR count). The lowest BCUT2D eigenvalue weighted by Crippen LogP contribution is -2.38. The molecular formula is C12H10N4O4S. The molecule has 9 heteroatoms. The Kier molecular flexibility index (Phi) is 2.98. The van der Waals surface area contributed by atoms with E-state index in [-0.39, 0.29) is 17.1 Å². The Morgan fingerprint density at radius 3 is 2.81 bits per heavy atom. The first-order chi connectivity index (χ1) is 10.0. The Labute approximate surface area is 121 Å². The smallest absolute Gasteiger partial charge is 0.329 e. The molecule has 0 fully saturated rings. The van der Waals surface area contributed by atoms with E-state index in [1.807, 2.05) is 0 Å². The molecule has 1 atom stereocenters. The van der Waals surface area contributed by atoms with Gasteiger partial charge in [-0.25, -0.2) is 4.79 Å². The highest BCUT2D eigenvalue weighted by atomic mass is 32.1. The third-order valence-corrected chi connectivity index (χ3v) is 4.27. The average Bonchev–Trinajstić information content (AvgIpc) is 2.97. The summed E-state index contributed by atoms with van der Waals surface area (Å²) in [6.07, 6.45) is 1.21. The molecule has 0 bridgehead atoms. The van der Waals surface area contributed by atoms with Crippen LogP contribution < -0.4 is 16.6 Å². The highest BCUT2D eigenvalue weighted by Crippen LogP contribution is 2.38. The number of anilines is 1. The van der Waals surface area contributed by atoms with Crippen LogP contribution in [0.4, 0.5) is 5.82 Å². The number of thiophene rings is 1. The van der Waals surface area contributed by atoms with Gasteiger partial charge in [0, 0.05) is 11.9 Å². The predicted octanol–water partition coefficient (Wildman–Crippen LogP) is 0.811. The van der Waals surface area contributed by atoms with Crippen molar-refractivity contribution in [3.8, 4) is 0 Å². The molecule has 8 nitrogen and oxygen atoms in total. The van der Waals surface area contributed by atoms with Gasteiger partial charge in [-0.1, -0.05) is 6.07 Å². The van der Waals surface area contributed by atoms with Crippen molar-refractivity contribution in [2.24, 2.45) is 7.05 Å². The van der Waals surface area contributed by atoms with Crippen LogP contribution in [0.15, 0.2) is 39.0 Å². The maximum absolute atomic E-state index is 12.4. The molecule has 0 aliphatic carbocycles. The van der Waals surface area contributed by atoms with Crippen molar-refractivity contribution in [2.75, 3.05) is 5.32 Å². The van der Waals surface area contributed by atoms with Crippen LogP contribution in [0.1, 0.15) is 16.4 Å². The largest absolute Gasteiger partial charge is 0.342 e. The first kappa shape index (κ1) is 13.3. The van der Waals surface area contributed by atoms with Crippen LogP contribution in [0, 0.1) is 10.1 Å². The molecule has 0 amide bonds. The van der Waals surface area contributed by atoms with E-state index in [0.717, 1.165) is 4.57 Å². The van der Waals surface area contributed by atoms with E-state index >= 15 is 0 Å². The molecule has 1 aliphatic rings. The van der Waals surface area contributed by atoms with Crippen LogP contribution in [0.25, 0.3) is 0 Å². The third-order valence-electron chi connectivity index (χ3n) is 3.33. The number of nitrogens with zero attached hydrogens (tertiary/aromatic N) is 2. The van der Waals surface area contributed by atoms with Gasteiger partial charge in [0.05, 0.1) is 16.7 Å². The summed E-state index contributed by atoms with van der Waals surface area (Å²) in [6.45, 7) is 0. The van der Waals surface area contributed by atoms with Crippen LogP contribution in [-0.2, 0) is 7.05 Å². The van der Waals surface area contributed by atoms with Crippen molar-refractivity contribution >= 4 is 17.2 Å². The fourth-order valence-electron chi connectivity index (χ4n) is 2.30. The van der Waals surface area contributed by atoms with Crippen molar-refractivity contribution in [1.29, 1.82) is 0 Å². The van der Waals surface area contributed by atoms with Crippen LogP contribution in [0.3, 0.4) is 0 Å². The molecule has 3 heterocycles. The highest BCUT2D eigenvalue weighted by molar-refractivity contribution is 7.10. The Morgan fingerprint density at radius 1 is 1.43 bits per heavy atom. The van der Waals surface area contributed by atoms with E-state index in [1.54, 1.807) is 17.5 Å². The van der Waals surface area contributed by atoms with E-state index in [1.165, 1.54) is 24.6 Å². The summed E-state index contributed by atoms with van der Waals surface area (Å²) in [6, 6.07) is 3.49. The quantitative estimate of drug-likeness (QED) is 0.630. The summed E-state index contributed by atoms with van der Waals surface area (Å²) in [7, 11) is 1.33. The lowest BCUT2D eigenvalue weighted by atomic mass is 9.93. The number of nitro groups is 1. The lowest BCUT2D eigenvalue weighted by Gasteiger charge is -2.21. The Morgan fingerprint density at radius 2 is 2.19 bits per heavy atom. The van der Waals surface area contributed by atoms with E-state index < -0.39 is 22.1 Å². The second kappa shape index (κ2) is 4.70. The van der Waals surface area contributed by atoms with Gasteiger partial charge in [-0.2, -0.15) is 0 Å². The van der Waals surface area contributed by atoms with Gasteiger partial charge < -0.3 is 5.32 Å². The zero-order chi connectivity index (χ0) is 15.1. The molecule has 0 saturated carbocycles. The average molecular weight is 306 g/mol. The van der Waals surface area contributed by atoms with Gasteiger partial charge in [-0.15, -0.1) is 11.3 Å². The summed E-state index contributed by atoms with van der Waals surface area (Å²) in [5.41, 5.74) is -1.08. The van der Waals surface area contributed by atoms with Gasteiger partial charge in [-0.05, 0) is 11.4 Å². The van der Waals surface area contributed by atoms with Crippen LogP contribution in [-0.4, -0.2) is 14.5 Å². The number of allylic oxidation sites excluding steroid dienone is 1. The molecule has 2 aromatic rings. The fourth-order valence-corrected chi connectivity index (χ4v) is 3.14. The molecule has 21 heavy (non-hydrogen) atoms. The van der Waals surface area contributed by atoms with Gasteiger partial charge >= 0.3 is 5.69 Å². The van der Waals surface area contributed by atoms with Crippen molar-refractivity contribution < 1.29 is 4.92 Å². The second-order valence-corrected chi connectivity index (χ2v) is 5.48. The van der Waals surface area contributed by atoms with Gasteiger partial charge in [0.25, 0.3) is 11.3 Å². The molecule has 108 valence electrons. The van der Waals surface area contributed by atoms with E-state index in [2.05, 4.69) is 10.3 Å². The predicted molar refractivity (Wildman–Crippen MR) is 77.2 cm³/mol. The number of rotatable bonds is 2. The van der Waals surface area contributed by atoms with E-state index in [0.29, 0.717) is 4.88 Å². The number of nitrogens with one attached hydrogen (secondary N) is 2. The second-order valence-electron chi connectivity index (χ2n) is 4.50. The summed E-state index contributed by atoms with van der Waals surface area (Å²) in [5.74, 6) is -0.598. The Balaban J connectivity index is 2.33. The molecule has 2 aromatic heterocycles. The number of H-pyrrole nitrogens is 1. The number of aromatic amines is 1. The number of hydrogen-bond acceptors (Lipinski definition) is 6. The lowest BCUT2D eigenvalue weighted by molar-refractivity contribution is -0.429. The molecule has 1 aliphatic heterocycles. The number of hydrogen-bond donors (Lipinski definition) is 2. The molecule has 0 saturated heterocycles. The molecule has 0 aromatic carbocycles. The normalized spacial score (nSPS) is 16.8. The van der Waals surface area contributed by atoms with Gasteiger partial charge in [0.2, 0.25) is 0 Å².